The Labute approximate surface area is 129 Å². The smallest absolute Gasteiger partial charge is 0.323 e. The number of aromatic nitrogens is 2. The molecule has 0 aliphatic rings. The second kappa shape index (κ2) is 9.36. The minimum absolute atomic E-state index is 0. The fourth-order valence-electron chi connectivity index (χ4n) is 1.55. The average molecular weight is 318 g/mol. The average Bonchev–Trinajstić information content (AvgIpc) is 2.90. The molecule has 0 bridgehead atoms. The van der Waals surface area contributed by atoms with Gasteiger partial charge in [0.15, 0.2) is 0 Å². The largest absolute Gasteiger partial charge is 0.460 e. The van der Waals surface area contributed by atoms with Crippen molar-refractivity contribution in [3.05, 3.63) is 54.1 Å². The summed E-state index contributed by atoms with van der Waals surface area (Å²) in [7, 11) is 0. The Balaban J connectivity index is 0.00000180. The number of H-pyrrole nitrogens is 1. The van der Waals surface area contributed by atoms with Gasteiger partial charge in [-0.3, -0.25) is 4.79 Å². The van der Waals surface area contributed by atoms with Crippen LogP contribution in [0.1, 0.15) is 11.3 Å². The number of hydrogen-bond acceptors (Lipinski definition) is 4. The predicted octanol–water partition coefficient (Wildman–Crippen LogP) is 1.87. The molecule has 110 valence electrons. The molecule has 1 heterocycles. The number of nitrogens with zero attached hydrogens (tertiary/aromatic N) is 1. The summed E-state index contributed by atoms with van der Waals surface area (Å²) in [6.45, 7) is 0.246. The third kappa shape index (κ3) is 5.61. The van der Waals surface area contributed by atoms with Crippen molar-refractivity contribution in [2.75, 3.05) is 0 Å². The normalized spacial score (nSPS) is 10.8. The topological polar surface area (TPSA) is 81.0 Å². The molecule has 0 saturated carbocycles. The van der Waals surface area contributed by atoms with E-state index in [1.807, 2.05) is 30.3 Å². The van der Waals surface area contributed by atoms with E-state index >= 15 is 0 Å². The fraction of sp³-hybridized carbons (Fsp3) is 0.231. The first-order valence-corrected chi connectivity index (χ1v) is 5.69. The van der Waals surface area contributed by atoms with Gasteiger partial charge in [-0.15, -0.1) is 24.8 Å². The maximum Gasteiger partial charge on any atom is 0.323 e. The number of hydrogen-bond donors (Lipinski definition) is 2. The molecule has 1 aromatic heterocycles. The van der Waals surface area contributed by atoms with E-state index in [0.717, 1.165) is 11.3 Å². The third-order valence-corrected chi connectivity index (χ3v) is 2.52. The van der Waals surface area contributed by atoms with E-state index in [1.165, 1.54) is 0 Å². The summed E-state index contributed by atoms with van der Waals surface area (Å²) in [5, 5.41) is 0. The van der Waals surface area contributed by atoms with Crippen molar-refractivity contribution in [3.63, 3.8) is 0 Å². The number of esters is 1. The summed E-state index contributed by atoms with van der Waals surface area (Å²) in [5.74, 6) is -0.409. The summed E-state index contributed by atoms with van der Waals surface area (Å²) < 4.78 is 5.14. The first-order valence-electron chi connectivity index (χ1n) is 5.69. The van der Waals surface area contributed by atoms with Crippen molar-refractivity contribution >= 4 is 30.8 Å². The molecule has 7 heteroatoms. The number of carbonyl (C=O) groups is 1. The van der Waals surface area contributed by atoms with Crippen LogP contribution >= 0.6 is 24.8 Å². The van der Waals surface area contributed by atoms with E-state index in [9.17, 15) is 4.79 Å². The van der Waals surface area contributed by atoms with Crippen molar-refractivity contribution in [1.29, 1.82) is 0 Å². The molecule has 0 spiro atoms. The maximum absolute atomic E-state index is 11.7. The second-order valence-electron chi connectivity index (χ2n) is 3.98. The Morgan fingerprint density at radius 1 is 1.30 bits per heavy atom. The molecule has 5 nitrogen and oxygen atoms in total. The van der Waals surface area contributed by atoms with Gasteiger partial charge in [-0.25, -0.2) is 4.98 Å². The number of halogens is 2. The molecule has 0 unspecified atom stereocenters. The van der Waals surface area contributed by atoms with Gasteiger partial charge in [0.05, 0.1) is 6.33 Å². The standard InChI is InChI=1S/C13H15N3O2.2ClH/c14-12(6-11-7-15-9-16-11)13(17)18-8-10-4-2-1-3-5-10;;/h1-5,7,9,12H,6,8,14H2,(H,15,16);2*1H/t12-;;/m0../s1. The molecule has 0 amide bonds. The zero-order chi connectivity index (χ0) is 12.8. The van der Waals surface area contributed by atoms with Gasteiger partial charge >= 0.3 is 5.97 Å². The molecule has 0 saturated heterocycles. The van der Waals surface area contributed by atoms with E-state index in [0.29, 0.717) is 6.42 Å². The Kier molecular flexibility index (Phi) is 8.63. The lowest BCUT2D eigenvalue weighted by Crippen LogP contribution is -2.34. The molecule has 0 aliphatic heterocycles. The SMILES string of the molecule is Cl.Cl.N[C@@H](Cc1cnc[nH]1)C(=O)OCc1ccccc1. The van der Waals surface area contributed by atoms with Crippen LogP contribution in [-0.4, -0.2) is 22.0 Å². The lowest BCUT2D eigenvalue weighted by Gasteiger charge is -2.10. The molecule has 2 rings (SSSR count). The van der Waals surface area contributed by atoms with Crippen LogP contribution in [0.2, 0.25) is 0 Å². The van der Waals surface area contributed by atoms with Crippen LogP contribution in [0.15, 0.2) is 42.9 Å². The molecule has 0 aliphatic carbocycles. The van der Waals surface area contributed by atoms with Crippen LogP contribution in [0.3, 0.4) is 0 Å². The van der Waals surface area contributed by atoms with Gasteiger partial charge < -0.3 is 15.5 Å². The molecular formula is C13H17Cl2N3O2. The van der Waals surface area contributed by atoms with Gasteiger partial charge in [0.2, 0.25) is 0 Å². The Hall–Kier alpha value is -1.56. The van der Waals surface area contributed by atoms with Crippen LogP contribution in [0.5, 0.6) is 0 Å². The highest BCUT2D eigenvalue weighted by Gasteiger charge is 2.16. The minimum atomic E-state index is -0.672. The number of carbonyl (C=O) groups excluding carboxylic acids is 1. The second-order valence-corrected chi connectivity index (χ2v) is 3.98. The molecule has 0 radical (unpaired) electrons. The number of ether oxygens (including phenoxy) is 1. The summed E-state index contributed by atoms with van der Waals surface area (Å²) in [5.41, 5.74) is 7.51. The highest BCUT2D eigenvalue weighted by Crippen LogP contribution is 2.03. The summed E-state index contributed by atoms with van der Waals surface area (Å²) in [6.07, 6.45) is 3.59. The first-order chi connectivity index (χ1) is 8.75. The quantitative estimate of drug-likeness (QED) is 0.825. The van der Waals surface area contributed by atoms with E-state index in [4.69, 9.17) is 10.5 Å². The lowest BCUT2D eigenvalue weighted by atomic mass is 10.2. The zero-order valence-corrected chi connectivity index (χ0v) is 12.3. The Morgan fingerprint density at radius 3 is 2.60 bits per heavy atom. The molecule has 2 aromatic rings. The Bertz CT molecular complexity index is 492. The summed E-state index contributed by atoms with van der Waals surface area (Å²) in [6, 6.07) is 8.83. The predicted molar refractivity (Wildman–Crippen MR) is 81.0 cm³/mol. The van der Waals surface area contributed by atoms with Crippen LogP contribution in [0.4, 0.5) is 0 Å². The molecule has 20 heavy (non-hydrogen) atoms. The van der Waals surface area contributed by atoms with E-state index in [-0.39, 0.29) is 31.4 Å². The third-order valence-electron chi connectivity index (χ3n) is 2.52. The molecule has 1 atom stereocenters. The lowest BCUT2D eigenvalue weighted by molar-refractivity contribution is -0.146. The Morgan fingerprint density at radius 2 is 2.00 bits per heavy atom. The number of nitrogens with two attached hydrogens (primary N) is 1. The van der Waals surface area contributed by atoms with Gasteiger partial charge in [-0.2, -0.15) is 0 Å². The van der Waals surface area contributed by atoms with Gasteiger partial charge in [0, 0.05) is 18.3 Å². The first kappa shape index (κ1) is 18.4. The van der Waals surface area contributed by atoms with Crippen molar-refractivity contribution in [2.45, 2.75) is 19.1 Å². The number of rotatable bonds is 5. The molecule has 3 N–H and O–H groups in total. The number of aromatic amines is 1. The van der Waals surface area contributed by atoms with Crippen molar-refractivity contribution in [2.24, 2.45) is 5.73 Å². The highest BCUT2D eigenvalue weighted by atomic mass is 35.5. The van der Waals surface area contributed by atoms with Crippen molar-refractivity contribution in [3.8, 4) is 0 Å². The fourth-order valence-corrected chi connectivity index (χ4v) is 1.55. The van der Waals surface area contributed by atoms with Crippen LogP contribution in [0.25, 0.3) is 0 Å². The maximum atomic E-state index is 11.7. The number of imidazole rings is 1. The van der Waals surface area contributed by atoms with Crippen molar-refractivity contribution < 1.29 is 9.53 Å². The molecule has 0 fully saturated rings. The highest BCUT2D eigenvalue weighted by molar-refractivity contribution is 5.85. The van der Waals surface area contributed by atoms with Crippen LogP contribution < -0.4 is 5.73 Å². The monoisotopic (exact) mass is 317 g/mol. The van der Waals surface area contributed by atoms with E-state index in [2.05, 4.69) is 9.97 Å². The van der Waals surface area contributed by atoms with Crippen LogP contribution in [0, 0.1) is 0 Å². The molecule has 1 aromatic carbocycles. The molecular weight excluding hydrogens is 301 g/mol. The van der Waals surface area contributed by atoms with Gasteiger partial charge in [0.25, 0.3) is 0 Å². The van der Waals surface area contributed by atoms with Gasteiger partial charge in [-0.1, -0.05) is 30.3 Å². The summed E-state index contributed by atoms with van der Waals surface area (Å²) >= 11 is 0. The van der Waals surface area contributed by atoms with Gasteiger partial charge in [0.1, 0.15) is 12.6 Å². The van der Waals surface area contributed by atoms with E-state index in [1.54, 1.807) is 12.5 Å². The zero-order valence-electron chi connectivity index (χ0n) is 10.7. The number of benzene rings is 1. The summed E-state index contributed by atoms with van der Waals surface area (Å²) in [4.78, 5) is 18.4. The number of nitrogens with one attached hydrogen (secondary N) is 1. The van der Waals surface area contributed by atoms with E-state index < -0.39 is 12.0 Å². The minimum Gasteiger partial charge on any atom is -0.460 e. The van der Waals surface area contributed by atoms with Crippen molar-refractivity contribution in [1.82, 2.24) is 9.97 Å². The van der Waals surface area contributed by atoms with Gasteiger partial charge in [-0.05, 0) is 5.56 Å². The van der Waals surface area contributed by atoms with Crippen LogP contribution in [-0.2, 0) is 22.6 Å².